The number of rotatable bonds is 4. The van der Waals surface area contributed by atoms with Gasteiger partial charge in [-0.1, -0.05) is 24.6 Å². The minimum atomic E-state index is -4.58. The number of hydrogen-bond acceptors (Lipinski definition) is 1. The van der Waals surface area contributed by atoms with Crippen LogP contribution in [0.3, 0.4) is 0 Å². The van der Waals surface area contributed by atoms with Gasteiger partial charge in [0.25, 0.3) is 0 Å². The van der Waals surface area contributed by atoms with Crippen LogP contribution in [-0.2, 0) is 0 Å². The first-order valence-corrected chi connectivity index (χ1v) is 6.39. The summed E-state index contributed by atoms with van der Waals surface area (Å²) in [5.74, 6) is -1.06. The fourth-order valence-corrected chi connectivity index (χ4v) is 1.93. The van der Waals surface area contributed by atoms with Crippen molar-refractivity contribution in [1.82, 2.24) is 5.32 Å². The van der Waals surface area contributed by atoms with E-state index in [4.69, 9.17) is 11.6 Å². The quantitative estimate of drug-likeness (QED) is 0.606. The van der Waals surface area contributed by atoms with Crippen LogP contribution in [0.2, 0.25) is 5.02 Å². The van der Waals surface area contributed by atoms with Crippen LogP contribution in [0.4, 0.5) is 17.6 Å². The third-order valence-electron chi connectivity index (χ3n) is 2.30. The van der Waals surface area contributed by atoms with Crippen molar-refractivity contribution in [2.45, 2.75) is 25.6 Å². The second kappa shape index (κ2) is 6.21. The summed E-state index contributed by atoms with van der Waals surface area (Å²) in [6, 6.07) is 0.322. The number of hydrogen-bond donors (Lipinski definition) is 1. The van der Waals surface area contributed by atoms with Crippen molar-refractivity contribution < 1.29 is 17.6 Å². The summed E-state index contributed by atoms with van der Waals surface area (Å²) in [7, 11) is 0. The lowest BCUT2D eigenvalue weighted by atomic mass is 10.1. The van der Waals surface area contributed by atoms with Gasteiger partial charge >= 0.3 is 6.18 Å². The molecule has 1 aromatic carbocycles. The molecule has 0 aromatic heterocycles. The maximum Gasteiger partial charge on any atom is 0.408 e. The summed E-state index contributed by atoms with van der Waals surface area (Å²) >= 11 is 8.55. The standard InChI is InChI=1S/C11H11BrClF4N/c1-2-5-18-10(11(15,16)17)6-3-4-7(12)8(13)9(6)14/h3-4,10,18H,2,5H2,1H3. The first kappa shape index (κ1) is 15.7. The summed E-state index contributed by atoms with van der Waals surface area (Å²) in [6.07, 6.45) is -4.06. The lowest BCUT2D eigenvalue weighted by molar-refractivity contribution is -0.158. The molecule has 7 heteroatoms. The average molecular weight is 349 g/mol. The SMILES string of the molecule is CCCNC(c1ccc(Br)c(Cl)c1F)C(F)(F)F. The van der Waals surface area contributed by atoms with Gasteiger partial charge in [0.2, 0.25) is 0 Å². The molecular weight excluding hydrogens is 337 g/mol. The van der Waals surface area contributed by atoms with Gasteiger partial charge in [0.15, 0.2) is 0 Å². The van der Waals surface area contributed by atoms with Crippen LogP contribution in [0.15, 0.2) is 16.6 Å². The Labute approximate surface area is 116 Å². The van der Waals surface area contributed by atoms with Crippen molar-refractivity contribution in [2.75, 3.05) is 6.54 Å². The third kappa shape index (κ3) is 3.59. The second-order valence-corrected chi connectivity index (χ2v) is 4.93. The predicted octanol–water partition coefficient (Wildman–Crippen LogP) is 4.84. The van der Waals surface area contributed by atoms with Gasteiger partial charge in [0, 0.05) is 10.0 Å². The molecule has 0 aliphatic carbocycles. The summed E-state index contributed by atoms with van der Waals surface area (Å²) in [4.78, 5) is 0. The molecule has 1 unspecified atom stereocenters. The zero-order valence-electron chi connectivity index (χ0n) is 9.41. The highest BCUT2D eigenvalue weighted by molar-refractivity contribution is 9.10. The molecule has 0 aliphatic rings. The zero-order chi connectivity index (χ0) is 13.9. The summed E-state index contributed by atoms with van der Waals surface area (Å²) < 4.78 is 52.6. The van der Waals surface area contributed by atoms with Gasteiger partial charge in [0.05, 0.1) is 5.02 Å². The Morgan fingerprint density at radius 3 is 2.50 bits per heavy atom. The van der Waals surface area contributed by atoms with Crippen LogP contribution in [0.5, 0.6) is 0 Å². The van der Waals surface area contributed by atoms with E-state index in [0.717, 1.165) is 6.07 Å². The van der Waals surface area contributed by atoms with Crippen molar-refractivity contribution in [3.8, 4) is 0 Å². The van der Waals surface area contributed by atoms with Crippen LogP contribution >= 0.6 is 27.5 Å². The van der Waals surface area contributed by atoms with Crippen molar-refractivity contribution >= 4 is 27.5 Å². The Balaban J connectivity index is 3.17. The smallest absolute Gasteiger partial charge is 0.302 e. The Morgan fingerprint density at radius 1 is 1.39 bits per heavy atom. The number of benzene rings is 1. The minimum Gasteiger partial charge on any atom is -0.302 e. The van der Waals surface area contributed by atoms with E-state index in [9.17, 15) is 17.6 Å². The van der Waals surface area contributed by atoms with E-state index in [1.54, 1.807) is 6.92 Å². The highest BCUT2D eigenvalue weighted by Crippen LogP contribution is 2.37. The number of halogens is 6. The molecule has 102 valence electrons. The fourth-order valence-electron chi connectivity index (χ4n) is 1.45. The van der Waals surface area contributed by atoms with E-state index in [2.05, 4.69) is 21.2 Å². The Hall–Kier alpha value is -0.330. The molecule has 0 spiro atoms. The molecule has 1 aromatic rings. The molecule has 0 heterocycles. The molecular formula is C11H11BrClF4N. The average Bonchev–Trinajstić information content (AvgIpc) is 2.27. The van der Waals surface area contributed by atoms with Gasteiger partial charge in [-0.15, -0.1) is 0 Å². The molecule has 1 N–H and O–H groups in total. The lowest BCUT2D eigenvalue weighted by Crippen LogP contribution is -2.35. The molecule has 1 atom stereocenters. The minimum absolute atomic E-state index is 0.136. The van der Waals surface area contributed by atoms with Gasteiger partial charge in [-0.2, -0.15) is 13.2 Å². The van der Waals surface area contributed by atoms with Crippen LogP contribution in [0, 0.1) is 5.82 Å². The van der Waals surface area contributed by atoms with E-state index in [0.29, 0.717) is 6.42 Å². The topological polar surface area (TPSA) is 12.0 Å². The summed E-state index contributed by atoms with van der Waals surface area (Å²) in [5, 5.41) is 1.93. The summed E-state index contributed by atoms with van der Waals surface area (Å²) in [5.41, 5.74) is -0.496. The highest BCUT2D eigenvalue weighted by atomic mass is 79.9. The normalized spacial score (nSPS) is 13.7. The predicted molar refractivity (Wildman–Crippen MR) is 66.2 cm³/mol. The van der Waals surface area contributed by atoms with E-state index in [1.807, 2.05) is 0 Å². The highest BCUT2D eigenvalue weighted by Gasteiger charge is 2.42. The van der Waals surface area contributed by atoms with Gasteiger partial charge in [0.1, 0.15) is 11.9 Å². The van der Waals surface area contributed by atoms with E-state index in [1.165, 1.54) is 6.07 Å². The first-order valence-electron chi connectivity index (χ1n) is 5.22. The molecule has 0 fully saturated rings. The Morgan fingerprint density at radius 2 is 2.00 bits per heavy atom. The van der Waals surface area contributed by atoms with Gasteiger partial charge in [-0.3, -0.25) is 0 Å². The van der Waals surface area contributed by atoms with Crippen molar-refractivity contribution in [3.63, 3.8) is 0 Å². The second-order valence-electron chi connectivity index (χ2n) is 3.69. The molecule has 0 amide bonds. The maximum atomic E-state index is 13.8. The third-order valence-corrected chi connectivity index (χ3v) is 3.56. The van der Waals surface area contributed by atoms with Crippen molar-refractivity contribution in [1.29, 1.82) is 0 Å². The van der Waals surface area contributed by atoms with Crippen LogP contribution in [-0.4, -0.2) is 12.7 Å². The van der Waals surface area contributed by atoms with E-state index in [-0.39, 0.29) is 16.0 Å². The zero-order valence-corrected chi connectivity index (χ0v) is 11.8. The number of nitrogens with one attached hydrogen (secondary N) is 1. The Bertz CT molecular complexity index is 422. The van der Waals surface area contributed by atoms with Crippen LogP contribution < -0.4 is 5.32 Å². The van der Waals surface area contributed by atoms with Crippen molar-refractivity contribution in [3.05, 3.63) is 33.0 Å². The molecule has 1 nitrogen and oxygen atoms in total. The molecule has 18 heavy (non-hydrogen) atoms. The Kier molecular flexibility index (Phi) is 5.43. The lowest BCUT2D eigenvalue weighted by Gasteiger charge is -2.22. The van der Waals surface area contributed by atoms with Crippen LogP contribution in [0.25, 0.3) is 0 Å². The monoisotopic (exact) mass is 347 g/mol. The number of alkyl halides is 3. The molecule has 0 radical (unpaired) electrons. The van der Waals surface area contributed by atoms with Gasteiger partial charge < -0.3 is 5.32 Å². The first-order chi connectivity index (χ1) is 8.29. The van der Waals surface area contributed by atoms with Crippen molar-refractivity contribution in [2.24, 2.45) is 0 Å². The largest absolute Gasteiger partial charge is 0.408 e. The molecule has 0 saturated heterocycles. The summed E-state index contributed by atoms with van der Waals surface area (Å²) in [6.45, 7) is 1.86. The van der Waals surface area contributed by atoms with E-state index < -0.39 is 23.6 Å². The van der Waals surface area contributed by atoms with Gasteiger partial charge in [-0.05, 0) is 35.0 Å². The molecule has 0 saturated carbocycles. The molecule has 0 bridgehead atoms. The maximum absolute atomic E-state index is 13.8. The molecule has 1 rings (SSSR count). The van der Waals surface area contributed by atoms with E-state index >= 15 is 0 Å². The fraction of sp³-hybridized carbons (Fsp3) is 0.455. The molecule has 0 aliphatic heterocycles. The van der Waals surface area contributed by atoms with Gasteiger partial charge in [-0.25, -0.2) is 4.39 Å². The van der Waals surface area contributed by atoms with Crippen LogP contribution in [0.1, 0.15) is 24.9 Å².